The Balaban J connectivity index is 1.73. The van der Waals surface area contributed by atoms with Crippen LogP contribution in [-0.2, 0) is 26.1 Å². The highest BCUT2D eigenvalue weighted by molar-refractivity contribution is 5.84. The lowest BCUT2D eigenvalue weighted by Crippen LogP contribution is -2.71. The third-order valence-corrected chi connectivity index (χ3v) is 7.90. The number of ether oxygens (including phenoxy) is 4. The van der Waals surface area contributed by atoms with Crippen LogP contribution in [0.25, 0.3) is 0 Å². The van der Waals surface area contributed by atoms with Crippen molar-refractivity contribution in [2.45, 2.75) is 42.6 Å². The van der Waals surface area contributed by atoms with E-state index < -0.39 is 5.79 Å². The van der Waals surface area contributed by atoms with Crippen molar-refractivity contribution in [1.82, 2.24) is 4.90 Å². The number of amides is 1. The Morgan fingerprint density at radius 3 is 2.74 bits per heavy atom. The molecule has 3 heterocycles. The zero-order chi connectivity index (χ0) is 18.6. The average Bonchev–Trinajstić information content (AvgIpc) is 3.12. The van der Waals surface area contributed by atoms with Crippen LogP contribution in [0.2, 0.25) is 0 Å². The van der Waals surface area contributed by atoms with E-state index >= 15 is 0 Å². The van der Waals surface area contributed by atoms with Crippen LogP contribution in [0.4, 0.5) is 0 Å². The molecular formula is C21H23NO5. The van der Waals surface area contributed by atoms with Crippen molar-refractivity contribution >= 4 is 5.91 Å². The van der Waals surface area contributed by atoms with Gasteiger partial charge in [-0.1, -0.05) is 12.1 Å². The first-order chi connectivity index (χ1) is 13.1. The summed E-state index contributed by atoms with van der Waals surface area (Å²) in [6, 6.07) is 4.28. The lowest BCUT2D eigenvalue weighted by atomic mass is 9.45. The largest absolute Gasteiger partial charge is 0.493 e. The molecule has 6 nitrogen and oxygen atoms in total. The number of carbonyl (C=O) groups is 1. The first-order valence-electron chi connectivity index (χ1n) is 9.54. The van der Waals surface area contributed by atoms with Gasteiger partial charge in [-0.2, -0.15) is 0 Å². The first-order valence-corrected chi connectivity index (χ1v) is 9.54. The summed E-state index contributed by atoms with van der Waals surface area (Å²) < 4.78 is 24.1. The Labute approximate surface area is 158 Å². The second-order valence-electron chi connectivity index (χ2n) is 8.34. The van der Waals surface area contributed by atoms with Gasteiger partial charge in [-0.25, -0.2) is 0 Å². The Morgan fingerprint density at radius 2 is 2.00 bits per heavy atom. The summed E-state index contributed by atoms with van der Waals surface area (Å²) in [5.74, 6) is 0.796. The molecule has 0 radical (unpaired) electrons. The summed E-state index contributed by atoms with van der Waals surface area (Å²) in [6.07, 6.45) is 6.05. The predicted octanol–water partition coefficient (Wildman–Crippen LogP) is 1.80. The molecule has 1 amide bonds. The lowest BCUT2D eigenvalue weighted by Gasteiger charge is -2.61. The fraction of sp³-hybridized carbons (Fsp3) is 0.571. The molecule has 0 saturated carbocycles. The molecule has 4 bridgehead atoms. The summed E-state index contributed by atoms with van der Waals surface area (Å²) in [7, 11) is 4.98. The molecular weight excluding hydrogens is 346 g/mol. The molecule has 3 aliphatic heterocycles. The van der Waals surface area contributed by atoms with Gasteiger partial charge < -0.3 is 23.8 Å². The molecule has 0 unspecified atom stereocenters. The van der Waals surface area contributed by atoms with Crippen molar-refractivity contribution in [3.8, 4) is 11.5 Å². The van der Waals surface area contributed by atoms with Gasteiger partial charge in [0.1, 0.15) is 0 Å². The van der Waals surface area contributed by atoms with Gasteiger partial charge in [-0.15, -0.1) is 0 Å². The number of methoxy groups -OCH3 is 3. The molecule has 6 heteroatoms. The van der Waals surface area contributed by atoms with Gasteiger partial charge in [0.25, 0.3) is 0 Å². The number of piperidine rings is 1. The molecule has 4 atom stereocenters. The van der Waals surface area contributed by atoms with Crippen LogP contribution in [0.5, 0.6) is 11.5 Å². The first kappa shape index (κ1) is 16.0. The van der Waals surface area contributed by atoms with E-state index in [1.165, 1.54) is 11.1 Å². The molecule has 0 aromatic heterocycles. The van der Waals surface area contributed by atoms with Crippen LogP contribution in [0, 0.1) is 5.41 Å². The molecule has 27 heavy (non-hydrogen) atoms. The lowest BCUT2D eigenvalue weighted by molar-refractivity contribution is -0.250. The van der Waals surface area contributed by atoms with Crippen molar-refractivity contribution in [1.29, 1.82) is 0 Å². The minimum absolute atomic E-state index is 0.166. The van der Waals surface area contributed by atoms with Crippen LogP contribution < -0.4 is 9.47 Å². The minimum atomic E-state index is -0.984. The number of carbonyl (C=O) groups excluding carboxylic acids is 1. The van der Waals surface area contributed by atoms with Crippen LogP contribution in [0.3, 0.4) is 0 Å². The normalized spacial score (nSPS) is 38.6. The van der Waals surface area contributed by atoms with Gasteiger partial charge >= 0.3 is 0 Å². The summed E-state index contributed by atoms with van der Waals surface area (Å²) in [5, 5.41) is 0. The molecule has 1 aromatic rings. The van der Waals surface area contributed by atoms with Crippen LogP contribution in [0.1, 0.15) is 24.0 Å². The van der Waals surface area contributed by atoms with E-state index in [1.807, 2.05) is 12.1 Å². The Hall–Kier alpha value is -2.05. The monoisotopic (exact) mass is 369 g/mol. The zero-order valence-corrected chi connectivity index (χ0v) is 15.8. The van der Waals surface area contributed by atoms with Crippen molar-refractivity contribution < 1.29 is 23.7 Å². The molecule has 0 N–H and O–H groups in total. The SMILES string of the molecule is COc1ccc2c3c1O[C@H]1C(OC)(OC)C=C[C@]45CC(=O)N(CC[C@]314)[C@@H]5C2. The fourth-order valence-corrected chi connectivity index (χ4v) is 6.84. The standard InChI is InChI=1S/C21H23NO5/c1-24-13-5-4-12-10-14-19-6-7-21(25-2,26-3)18-20(19,16(12)17(13)27-18)8-9-22(14)15(23)11-19/h4-7,14,18H,8-11H2,1-3H3/t14-,18-,19-,20+/m1/s1. The van der Waals surface area contributed by atoms with E-state index in [1.54, 1.807) is 21.3 Å². The van der Waals surface area contributed by atoms with E-state index in [-0.39, 0.29) is 28.9 Å². The maximum Gasteiger partial charge on any atom is 0.226 e. The van der Waals surface area contributed by atoms with E-state index in [4.69, 9.17) is 18.9 Å². The molecule has 5 aliphatic rings. The minimum Gasteiger partial charge on any atom is -0.493 e. The third kappa shape index (κ3) is 1.43. The molecule has 1 aromatic carbocycles. The summed E-state index contributed by atoms with van der Waals surface area (Å²) >= 11 is 0. The topological polar surface area (TPSA) is 57.2 Å². The van der Waals surface area contributed by atoms with Gasteiger partial charge in [0.15, 0.2) is 17.6 Å². The number of hydrogen-bond acceptors (Lipinski definition) is 5. The van der Waals surface area contributed by atoms with Gasteiger partial charge in [-0.3, -0.25) is 4.79 Å². The maximum atomic E-state index is 12.9. The van der Waals surface area contributed by atoms with Crippen LogP contribution in [0.15, 0.2) is 24.3 Å². The number of benzene rings is 1. The van der Waals surface area contributed by atoms with Crippen LogP contribution in [-0.4, -0.2) is 56.6 Å². The maximum absolute atomic E-state index is 12.9. The quantitative estimate of drug-likeness (QED) is 0.601. The van der Waals surface area contributed by atoms with Gasteiger partial charge in [0, 0.05) is 44.2 Å². The van der Waals surface area contributed by atoms with Crippen LogP contribution >= 0.6 is 0 Å². The van der Waals surface area contributed by atoms with Gasteiger partial charge in [-0.05, 0) is 30.5 Å². The third-order valence-electron chi connectivity index (χ3n) is 7.90. The average molecular weight is 369 g/mol. The van der Waals surface area contributed by atoms with E-state index in [0.29, 0.717) is 6.42 Å². The fourth-order valence-electron chi connectivity index (χ4n) is 6.84. The Bertz CT molecular complexity index is 906. The summed E-state index contributed by atoms with van der Waals surface area (Å²) in [4.78, 5) is 15.0. The van der Waals surface area contributed by atoms with E-state index in [0.717, 1.165) is 30.9 Å². The number of nitrogens with zero attached hydrogens (tertiary/aromatic N) is 1. The highest BCUT2D eigenvalue weighted by atomic mass is 16.7. The molecule has 2 fully saturated rings. The van der Waals surface area contributed by atoms with Crippen molar-refractivity contribution in [2.75, 3.05) is 27.9 Å². The second kappa shape index (κ2) is 4.67. The summed E-state index contributed by atoms with van der Waals surface area (Å²) in [5.41, 5.74) is 1.83. The van der Waals surface area contributed by atoms with Crippen molar-refractivity contribution in [2.24, 2.45) is 5.41 Å². The predicted molar refractivity (Wildman–Crippen MR) is 95.8 cm³/mol. The van der Waals surface area contributed by atoms with E-state index in [2.05, 4.69) is 17.0 Å². The highest BCUT2D eigenvalue weighted by Crippen LogP contribution is 2.72. The molecule has 2 aliphatic carbocycles. The Kier molecular flexibility index (Phi) is 2.76. The number of hydrogen-bond donors (Lipinski definition) is 0. The van der Waals surface area contributed by atoms with Gasteiger partial charge in [0.2, 0.25) is 11.7 Å². The van der Waals surface area contributed by atoms with Crippen molar-refractivity contribution in [3.05, 3.63) is 35.4 Å². The van der Waals surface area contributed by atoms with Gasteiger partial charge in [0.05, 0.1) is 12.5 Å². The second-order valence-corrected chi connectivity index (χ2v) is 8.34. The van der Waals surface area contributed by atoms with Crippen molar-refractivity contribution in [3.63, 3.8) is 0 Å². The smallest absolute Gasteiger partial charge is 0.226 e. The Morgan fingerprint density at radius 1 is 1.19 bits per heavy atom. The van der Waals surface area contributed by atoms with E-state index in [9.17, 15) is 4.79 Å². The number of rotatable bonds is 3. The zero-order valence-electron chi connectivity index (χ0n) is 15.8. The molecule has 142 valence electrons. The summed E-state index contributed by atoms with van der Waals surface area (Å²) in [6.45, 7) is 0.749. The molecule has 6 rings (SSSR count). The highest BCUT2D eigenvalue weighted by Gasteiger charge is 2.77. The molecule has 2 saturated heterocycles. The molecule has 2 spiro atoms.